The highest BCUT2D eigenvalue weighted by Crippen LogP contribution is 2.02. The summed E-state index contributed by atoms with van der Waals surface area (Å²) < 4.78 is 0. The van der Waals surface area contributed by atoms with Crippen molar-refractivity contribution in [3.63, 3.8) is 0 Å². The molecule has 3 N–H and O–H groups in total. The zero-order valence-corrected chi connectivity index (χ0v) is 10.8. The van der Waals surface area contributed by atoms with Gasteiger partial charge in [0.25, 0.3) is 0 Å². The van der Waals surface area contributed by atoms with E-state index >= 15 is 0 Å². The second kappa shape index (κ2) is 7.07. The molecule has 0 saturated heterocycles. The lowest BCUT2D eigenvalue weighted by Crippen LogP contribution is -2.47. The molecule has 1 aromatic rings. The molecule has 2 amide bonds. The Bertz CT molecular complexity index is 491. The Kier molecular flexibility index (Phi) is 5.45. The maximum absolute atomic E-state index is 11.8. The standard InChI is InChI=1S/C12H15N3O5/c1-15(7-8-3-2-4-13-6-8)12(20)14-9(11(18)19)5-10(16)17/h2-4,6,9H,5,7H2,1H3,(H,14,20)(H,16,17)(H,18,19)/t9-/m1/s1. The van der Waals surface area contributed by atoms with Crippen molar-refractivity contribution in [1.29, 1.82) is 0 Å². The van der Waals surface area contributed by atoms with Crippen LogP contribution in [0, 0.1) is 0 Å². The van der Waals surface area contributed by atoms with E-state index in [1.165, 1.54) is 11.9 Å². The molecule has 0 unspecified atom stereocenters. The molecule has 0 saturated carbocycles. The van der Waals surface area contributed by atoms with Crippen molar-refractivity contribution in [3.05, 3.63) is 30.1 Å². The number of carboxylic acid groups (broad SMARTS) is 2. The van der Waals surface area contributed by atoms with E-state index in [0.29, 0.717) is 0 Å². The van der Waals surface area contributed by atoms with Gasteiger partial charge in [0.2, 0.25) is 0 Å². The van der Waals surface area contributed by atoms with Crippen LogP contribution >= 0.6 is 0 Å². The van der Waals surface area contributed by atoms with Gasteiger partial charge in [-0.05, 0) is 11.6 Å². The van der Waals surface area contributed by atoms with Gasteiger partial charge in [0.05, 0.1) is 6.42 Å². The van der Waals surface area contributed by atoms with Gasteiger partial charge in [-0.25, -0.2) is 9.59 Å². The lowest BCUT2D eigenvalue weighted by atomic mass is 10.2. The summed E-state index contributed by atoms with van der Waals surface area (Å²) in [5.74, 6) is -2.69. The first-order valence-electron chi connectivity index (χ1n) is 5.75. The first kappa shape index (κ1) is 15.4. The lowest BCUT2D eigenvalue weighted by molar-refractivity contribution is -0.145. The minimum absolute atomic E-state index is 0.235. The van der Waals surface area contributed by atoms with Crippen molar-refractivity contribution in [1.82, 2.24) is 15.2 Å². The van der Waals surface area contributed by atoms with Crippen LogP contribution in [0.3, 0.4) is 0 Å². The second-order valence-electron chi connectivity index (χ2n) is 4.16. The van der Waals surface area contributed by atoms with Gasteiger partial charge in [-0.15, -0.1) is 0 Å². The molecule has 8 nitrogen and oxygen atoms in total. The number of nitrogens with zero attached hydrogens (tertiary/aromatic N) is 2. The van der Waals surface area contributed by atoms with Gasteiger partial charge in [0.15, 0.2) is 0 Å². The molecule has 0 spiro atoms. The summed E-state index contributed by atoms with van der Waals surface area (Å²) in [6, 6.07) is 1.35. The molecule has 0 aliphatic rings. The van der Waals surface area contributed by atoms with E-state index in [-0.39, 0.29) is 6.54 Å². The molecule has 1 rings (SSSR count). The Hall–Kier alpha value is -2.64. The molecule has 0 radical (unpaired) electrons. The number of aliphatic carboxylic acids is 2. The largest absolute Gasteiger partial charge is 0.481 e. The Labute approximate surface area is 115 Å². The predicted molar refractivity (Wildman–Crippen MR) is 67.9 cm³/mol. The van der Waals surface area contributed by atoms with Crippen molar-refractivity contribution >= 4 is 18.0 Å². The highest BCUT2D eigenvalue weighted by atomic mass is 16.4. The summed E-state index contributed by atoms with van der Waals surface area (Å²) in [6.07, 6.45) is 2.49. The fraction of sp³-hybridized carbons (Fsp3) is 0.333. The SMILES string of the molecule is CN(Cc1cccnc1)C(=O)N[C@H](CC(=O)O)C(=O)O. The maximum Gasteiger partial charge on any atom is 0.326 e. The van der Waals surface area contributed by atoms with Crippen molar-refractivity contribution in [2.75, 3.05) is 7.05 Å². The highest BCUT2D eigenvalue weighted by Gasteiger charge is 2.24. The Morgan fingerprint density at radius 3 is 2.60 bits per heavy atom. The lowest BCUT2D eigenvalue weighted by Gasteiger charge is -2.20. The number of amides is 2. The third-order valence-electron chi connectivity index (χ3n) is 2.46. The Morgan fingerprint density at radius 2 is 2.10 bits per heavy atom. The van der Waals surface area contributed by atoms with Gasteiger partial charge in [-0.3, -0.25) is 9.78 Å². The molecule has 1 aromatic heterocycles. The molecule has 0 aliphatic carbocycles. The van der Waals surface area contributed by atoms with Gasteiger partial charge in [-0.2, -0.15) is 0 Å². The monoisotopic (exact) mass is 281 g/mol. The van der Waals surface area contributed by atoms with Crippen molar-refractivity contribution in [3.8, 4) is 0 Å². The van der Waals surface area contributed by atoms with E-state index in [1.807, 2.05) is 0 Å². The summed E-state index contributed by atoms with van der Waals surface area (Å²) >= 11 is 0. The molecule has 1 heterocycles. The average Bonchev–Trinajstić information content (AvgIpc) is 2.38. The summed E-state index contributed by atoms with van der Waals surface area (Å²) in [5, 5.41) is 19.6. The molecule has 20 heavy (non-hydrogen) atoms. The van der Waals surface area contributed by atoms with E-state index < -0.39 is 30.4 Å². The number of carbonyl (C=O) groups excluding carboxylic acids is 1. The summed E-state index contributed by atoms with van der Waals surface area (Å²) in [6.45, 7) is 0.235. The number of hydrogen-bond donors (Lipinski definition) is 3. The minimum atomic E-state index is -1.46. The van der Waals surface area contributed by atoms with Crippen LogP contribution in [0.25, 0.3) is 0 Å². The average molecular weight is 281 g/mol. The van der Waals surface area contributed by atoms with E-state index in [1.54, 1.807) is 24.5 Å². The number of aromatic nitrogens is 1. The zero-order valence-electron chi connectivity index (χ0n) is 10.8. The highest BCUT2D eigenvalue weighted by molar-refractivity contribution is 5.86. The van der Waals surface area contributed by atoms with Crippen LogP contribution in [0.1, 0.15) is 12.0 Å². The zero-order chi connectivity index (χ0) is 15.1. The number of pyridine rings is 1. The topological polar surface area (TPSA) is 120 Å². The van der Waals surface area contributed by atoms with Crippen LogP contribution in [0.15, 0.2) is 24.5 Å². The van der Waals surface area contributed by atoms with Gasteiger partial charge in [0, 0.05) is 26.0 Å². The van der Waals surface area contributed by atoms with E-state index in [0.717, 1.165) is 5.56 Å². The van der Waals surface area contributed by atoms with E-state index in [9.17, 15) is 14.4 Å². The molecule has 1 atom stereocenters. The molecule has 0 aromatic carbocycles. The number of hydrogen-bond acceptors (Lipinski definition) is 4. The number of rotatable bonds is 6. The van der Waals surface area contributed by atoms with Crippen molar-refractivity contribution in [2.45, 2.75) is 19.0 Å². The smallest absolute Gasteiger partial charge is 0.326 e. The number of carbonyl (C=O) groups is 3. The molecule has 0 aliphatic heterocycles. The van der Waals surface area contributed by atoms with Gasteiger partial charge >= 0.3 is 18.0 Å². The van der Waals surface area contributed by atoms with Crippen LogP contribution < -0.4 is 5.32 Å². The fourth-order valence-corrected chi connectivity index (χ4v) is 1.47. The second-order valence-corrected chi connectivity index (χ2v) is 4.16. The minimum Gasteiger partial charge on any atom is -0.481 e. The molecule has 8 heteroatoms. The third-order valence-corrected chi connectivity index (χ3v) is 2.46. The predicted octanol–water partition coefficient (Wildman–Crippen LogP) is 0.151. The van der Waals surface area contributed by atoms with Gasteiger partial charge in [-0.1, -0.05) is 6.07 Å². The van der Waals surface area contributed by atoms with Crippen molar-refractivity contribution in [2.24, 2.45) is 0 Å². The number of nitrogens with one attached hydrogen (secondary N) is 1. The first-order valence-corrected chi connectivity index (χ1v) is 5.75. The van der Waals surface area contributed by atoms with Crippen LogP contribution in [-0.4, -0.2) is 51.2 Å². The van der Waals surface area contributed by atoms with Crippen LogP contribution in [0.5, 0.6) is 0 Å². The number of urea groups is 1. The molecule has 0 bridgehead atoms. The Balaban J connectivity index is 2.59. The molecular formula is C12H15N3O5. The van der Waals surface area contributed by atoms with Crippen LogP contribution in [0.4, 0.5) is 4.79 Å². The summed E-state index contributed by atoms with van der Waals surface area (Å²) in [4.78, 5) is 38.3. The molecular weight excluding hydrogens is 266 g/mol. The van der Waals surface area contributed by atoms with Crippen LogP contribution in [-0.2, 0) is 16.1 Å². The van der Waals surface area contributed by atoms with E-state index in [4.69, 9.17) is 10.2 Å². The first-order chi connectivity index (χ1) is 9.40. The van der Waals surface area contributed by atoms with Crippen LogP contribution in [0.2, 0.25) is 0 Å². The van der Waals surface area contributed by atoms with Gasteiger partial charge in [0.1, 0.15) is 6.04 Å². The van der Waals surface area contributed by atoms with Crippen molar-refractivity contribution < 1.29 is 24.6 Å². The Morgan fingerprint density at radius 1 is 1.40 bits per heavy atom. The fourth-order valence-electron chi connectivity index (χ4n) is 1.47. The summed E-state index contributed by atoms with van der Waals surface area (Å²) in [5.41, 5.74) is 0.773. The quantitative estimate of drug-likeness (QED) is 0.682. The van der Waals surface area contributed by atoms with E-state index in [2.05, 4.69) is 10.3 Å². The molecule has 0 fully saturated rings. The normalized spacial score (nSPS) is 11.4. The number of carboxylic acids is 2. The molecule has 108 valence electrons. The summed E-state index contributed by atoms with van der Waals surface area (Å²) in [7, 11) is 1.47. The maximum atomic E-state index is 11.8. The van der Waals surface area contributed by atoms with Gasteiger partial charge < -0.3 is 20.4 Å². The third kappa shape index (κ3) is 4.92.